The van der Waals surface area contributed by atoms with E-state index < -0.39 is 29.2 Å². The molecule has 0 aromatic carbocycles. The maximum absolute atomic E-state index is 12.6. The molecule has 108 valence electrons. The van der Waals surface area contributed by atoms with E-state index in [0.717, 1.165) is 9.80 Å². The number of amides is 4. The van der Waals surface area contributed by atoms with Gasteiger partial charge in [0.15, 0.2) is 0 Å². The van der Waals surface area contributed by atoms with Crippen molar-refractivity contribution in [3.05, 3.63) is 12.7 Å². The molecular formula is C15H20N2O3. The standard InChI is InChI=1S/C15H20N2O3/c1-6-8-9-11(3)15(10-7-2)12(18)16(4)14(20)17(5)13(15)19/h7,11H,2,6,10H2,1,3-5H3. The molecule has 1 atom stereocenters. The Morgan fingerprint density at radius 2 is 1.75 bits per heavy atom. The number of barbiturate groups is 1. The molecule has 1 rings (SSSR count). The van der Waals surface area contributed by atoms with E-state index >= 15 is 0 Å². The Bertz CT molecular complexity index is 489. The van der Waals surface area contributed by atoms with Crippen LogP contribution in [0.25, 0.3) is 0 Å². The third-order valence-corrected chi connectivity index (χ3v) is 3.65. The van der Waals surface area contributed by atoms with E-state index in [2.05, 4.69) is 18.4 Å². The van der Waals surface area contributed by atoms with E-state index in [1.807, 2.05) is 6.92 Å². The highest BCUT2D eigenvalue weighted by molar-refractivity contribution is 6.19. The van der Waals surface area contributed by atoms with Gasteiger partial charge in [0, 0.05) is 26.4 Å². The fraction of sp³-hybridized carbons (Fsp3) is 0.533. The fourth-order valence-electron chi connectivity index (χ4n) is 2.42. The molecule has 0 saturated carbocycles. The lowest BCUT2D eigenvalue weighted by atomic mass is 9.70. The summed E-state index contributed by atoms with van der Waals surface area (Å²) in [6.45, 7) is 7.26. The van der Waals surface area contributed by atoms with Crippen LogP contribution in [-0.2, 0) is 9.59 Å². The largest absolute Gasteiger partial charge is 0.332 e. The van der Waals surface area contributed by atoms with Crippen molar-refractivity contribution in [2.75, 3.05) is 14.1 Å². The average molecular weight is 276 g/mol. The van der Waals surface area contributed by atoms with Crippen molar-refractivity contribution in [2.24, 2.45) is 11.3 Å². The molecule has 20 heavy (non-hydrogen) atoms. The summed E-state index contributed by atoms with van der Waals surface area (Å²) >= 11 is 0. The minimum Gasteiger partial charge on any atom is -0.273 e. The van der Waals surface area contributed by atoms with Gasteiger partial charge in [0.2, 0.25) is 11.8 Å². The van der Waals surface area contributed by atoms with E-state index in [4.69, 9.17) is 0 Å². The zero-order valence-electron chi connectivity index (χ0n) is 12.4. The first-order valence-electron chi connectivity index (χ1n) is 6.54. The van der Waals surface area contributed by atoms with Gasteiger partial charge in [0.1, 0.15) is 5.41 Å². The molecule has 0 spiro atoms. The maximum atomic E-state index is 12.6. The van der Waals surface area contributed by atoms with Crippen molar-refractivity contribution >= 4 is 17.8 Å². The maximum Gasteiger partial charge on any atom is 0.332 e. The van der Waals surface area contributed by atoms with E-state index in [1.165, 1.54) is 20.2 Å². The van der Waals surface area contributed by atoms with Crippen LogP contribution in [0.3, 0.4) is 0 Å². The van der Waals surface area contributed by atoms with Gasteiger partial charge >= 0.3 is 6.03 Å². The van der Waals surface area contributed by atoms with Crippen LogP contribution in [0.2, 0.25) is 0 Å². The molecule has 0 bridgehead atoms. The summed E-state index contributed by atoms with van der Waals surface area (Å²) < 4.78 is 0. The zero-order valence-corrected chi connectivity index (χ0v) is 12.4. The summed E-state index contributed by atoms with van der Waals surface area (Å²) in [6, 6.07) is -0.615. The first kappa shape index (κ1) is 16.0. The second kappa shape index (κ2) is 5.91. The van der Waals surface area contributed by atoms with E-state index in [9.17, 15) is 14.4 Å². The molecule has 0 aromatic rings. The molecule has 5 nitrogen and oxygen atoms in total. The number of rotatable bonds is 3. The van der Waals surface area contributed by atoms with Gasteiger partial charge in [-0.3, -0.25) is 19.4 Å². The lowest BCUT2D eigenvalue weighted by molar-refractivity contribution is -0.159. The number of urea groups is 1. The Balaban J connectivity index is 3.41. The quantitative estimate of drug-likeness (QED) is 0.447. The molecule has 1 heterocycles. The Morgan fingerprint density at radius 1 is 1.25 bits per heavy atom. The lowest BCUT2D eigenvalue weighted by Crippen LogP contribution is -2.64. The van der Waals surface area contributed by atoms with Crippen LogP contribution < -0.4 is 0 Å². The molecule has 1 aliphatic heterocycles. The number of hydrogen-bond donors (Lipinski definition) is 0. The highest BCUT2D eigenvalue weighted by Crippen LogP contribution is 2.39. The van der Waals surface area contributed by atoms with Crippen LogP contribution in [-0.4, -0.2) is 41.7 Å². The van der Waals surface area contributed by atoms with Crippen LogP contribution >= 0.6 is 0 Å². The Hall–Kier alpha value is -2.09. The highest BCUT2D eigenvalue weighted by Gasteiger charge is 2.57. The second-order valence-corrected chi connectivity index (χ2v) is 4.87. The van der Waals surface area contributed by atoms with Crippen molar-refractivity contribution in [1.29, 1.82) is 0 Å². The lowest BCUT2D eigenvalue weighted by Gasteiger charge is -2.43. The molecule has 4 amide bonds. The summed E-state index contributed by atoms with van der Waals surface area (Å²) in [6.07, 6.45) is 2.32. The van der Waals surface area contributed by atoms with E-state index in [-0.39, 0.29) is 6.42 Å². The molecule has 0 aromatic heterocycles. The molecule has 1 saturated heterocycles. The van der Waals surface area contributed by atoms with Gasteiger partial charge in [-0.1, -0.05) is 18.9 Å². The Labute approximate surface area is 119 Å². The smallest absolute Gasteiger partial charge is 0.273 e. The topological polar surface area (TPSA) is 57.7 Å². The third kappa shape index (κ3) is 2.22. The molecule has 1 fully saturated rings. The minimum absolute atomic E-state index is 0.159. The van der Waals surface area contributed by atoms with Gasteiger partial charge in [-0.05, 0) is 13.3 Å². The van der Waals surface area contributed by atoms with Gasteiger partial charge in [-0.15, -0.1) is 12.5 Å². The first-order valence-corrected chi connectivity index (χ1v) is 6.54. The Morgan fingerprint density at radius 3 is 2.15 bits per heavy atom. The molecule has 1 unspecified atom stereocenters. The van der Waals surface area contributed by atoms with Crippen molar-refractivity contribution in [1.82, 2.24) is 9.80 Å². The molecule has 5 heteroatoms. The summed E-state index contributed by atoms with van der Waals surface area (Å²) in [5.74, 6) is 4.33. The fourth-order valence-corrected chi connectivity index (χ4v) is 2.42. The third-order valence-electron chi connectivity index (χ3n) is 3.65. The predicted molar refractivity (Wildman–Crippen MR) is 75.4 cm³/mol. The molecule has 1 aliphatic rings. The highest BCUT2D eigenvalue weighted by atomic mass is 16.2. The van der Waals surface area contributed by atoms with Crippen LogP contribution in [0.5, 0.6) is 0 Å². The number of nitrogens with zero attached hydrogens (tertiary/aromatic N) is 2. The van der Waals surface area contributed by atoms with Crippen LogP contribution in [0.15, 0.2) is 12.7 Å². The van der Waals surface area contributed by atoms with Crippen molar-refractivity contribution in [3.63, 3.8) is 0 Å². The molecule has 0 radical (unpaired) electrons. The van der Waals surface area contributed by atoms with Gasteiger partial charge in [-0.25, -0.2) is 4.79 Å². The van der Waals surface area contributed by atoms with Crippen LogP contribution in [0.1, 0.15) is 26.7 Å². The predicted octanol–water partition coefficient (Wildman–Crippen LogP) is 1.65. The van der Waals surface area contributed by atoms with Crippen LogP contribution in [0.4, 0.5) is 4.79 Å². The number of imide groups is 2. The summed E-state index contributed by atoms with van der Waals surface area (Å²) in [5.41, 5.74) is -1.36. The van der Waals surface area contributed by atoms with Gasteiger partial charge in [0.25, 0.3) is 0 Å². The summed E-state index contributed by atoms with van der Waals surface area (Å²) in [5, 5.41) is 0. The molecular weight excluding hydrogens is 256 g/mol. The van der Waals surface area contributed by atoms with Gasteiger partial charge in [0.05, 0.1) is 0 Å². The molecule has 0 N–H and O–H groups in total. The van der Waals surface area contributed by atoms with Gasteiger partial charge in [-0.2, -0.15) is 0 Å². The van der Waals surface area contributed by atoms with Crippen molar-refractivity contribution in [2.45, 2.75) is 26.7 Å². The van der Waals surface area contributed by atoms with E-state index in [0.29, 0.717) is 6.42 Å². The number of carbonyl (C=O) groups excluding carboxylic acids is 3. The van der Waals surface area contributed by atoms with Gasteiger partial charge < -0.3 is 0 Å². The van der Waals surface area contributed by atoms with Crippen LogP contribution in [0, 0.1) is 23.2 Å². The van der Waals surface area contributed by atoms with Crippen molar-refractivity contribution < 1.29 is 14.4 Å². The Kier molecular flexibility index (Phi) is 4.72. The second-order valence-electron chi connectivity index (χ2n) is 4.87. The first-order chi connectivity index (χ1) is 9.34. The SMILES string of the molecule is C=CCC1(C(C)C#CCC)C(=O)N(C)C(=O)N(C)C1=O. The minimum atomic E-state index is -1.36. The number of hydrogen-bond acceptors (Lipinski definition) is 3. The van der Waals surface area contributed by atoms with Crippen molar-refractivity contribution in [3.8, 4) is 11.8 Å². The summed E-state index contributed by atoms with van der Waals surface area (Å²) in [7, 11) is 2.76. The summed E-state index contributed by atoms with van der Waals surface area (Å²) in [4.78, 5) is 38.9. The zero-order chi connectivity index (χ0) is 15.5. The number of allylic oxidation sites excluding steroid dienone is 1. The van der Waals surface area contributed by atoms with E-state index in [1.54, 1.807) is 6.92 Å². The average Bonchev–Trinajstić information content (AvgIpc) is 2.45. The normalized spacial score (nSPS) is 19.5. The molecule has 0 aliphatic carbocycles. The monoisotopic (exact) mass is 276 g/mol. The number of carbonyl (C=O) groups is 3.